The van der Waals surface area contributed by atoms with E-state index in [2.05, 4.69) is 20.5 Å². The number of nitrogens with zero attached hydrogens (tertiary/aromatic N) is 4. The number of hydrazine groups is 1. The first-order valence-corrected chi connectivity index (χ1v) is 4.80. The van der Waals surface area contributed by atoms with E-state index in [9.17, 15) is 0 Å². The van der Waals surface area contributed by atoms with Gasteiger partial charge in [-0.15, -0.1) is 0 Å². The highest BCUT2D eigenvalue weighted by Gasteiger charge is 2.02. The van der Waals surface area contributed by atoms with E-state index in [0.717, 1.165) is 6.54 Å². The molecule has 0 aliphatic heterocycles. The molecule has 2 rings (SSSR count). The van der Waals surface area contributed by atoms with Crippen LogP contribution in [-0.4, -0.2) is 19.7 Å². The lowest BCUT2D eigenvalue weighted by molar-refractivity contribution is 0.459. The fourth-order valence-electron chi connectivity index (χ4n) is 1.16. The van der Waals surface area contributed by atoms with Crippen molar-refractivity contribution < 1.29 is 4.74 Å². The largest absolute Gasteiger partial charge is 0.434 e. The van der Waals surface area contributed by atoms with Crippen molar-refractivity contribution >= 4 is 5.82 Å². The molecule has 7 heteroatoms. The minimum atomic E-state index is 0.367. The van der Waals surface area contributed by atoms with Crippen LogP contribution in [0.3, 0.4) is 0 Å². The first kappa shape index (κ1) is 10.4. The Morgan fingerprint density at radius 1 is 1.44 bits per heavy atom. The number of nitrogens with one attached hydrogen (secondary N) is 1. The molecule has 0 bridgehead atoms. The van der Waals surface area contributed by atoms with Gasteiger partial charge in [-0.3, -0.25) is 9.67 Å². The van der Waals surface area contributed by atoms with Crippen LogP contribution in [0.5, 0.6) is 11.6 Å². The lowest BCUT2D eigenvalue weighted by Crippen LogP contribution is -2.08. The third-order valence-corrected chi connectivity index (χ3v) is 1.92. The molecule has 0 radical (unpaired) electrons. The minimum Gasteiger partial charge on any atom is -0.434 e. The van der Waals surface area contributed by atoms with Crippen molar-refractivity contribution in [1.29, 1.82) is 0 Å². The Hall–Kier alpha value is -2.15. The van der Waals surface area contributed by atoms with Crippen molar-refractivity contribution in [3.8, 4) is 11.6 Å². The summed E-state index contributed by atoms with van der Waals surface area (Å²) in [6.07, 6.45) is 6.41. The number of aryl methyl sites for hydroxylation is 1. The summed E-state index contributed by atoms with van der Waals surface area (Å²) in [5, 5.41) is 4.08. The van der Waals surface area contributed by atoms with Gasteiger partial charge >= 0.3 is 0 Å². The molecule has 0 aromatic carbocycles. The van der Waals surface area contributed by atoms with Crippen LogP contribution in [0, 0.1) is 0 Å². The van der Waals surface area contributed by atoms with Crippen LogP contribution in [-0.2, 0) is 6.54 Å². The molecular formula is C9H12N6O. The molecular weight excluding hydrogens is 208 g/mol. The van der Waals surface area contributed by atoms with E-state index in [0.29, 0.717) is 17.4 Å². The van der Waals surface area contributed by atoms with E-state index in [1.165, 1.54) is 12.4 Å². The predicted molar refractivity (Wildman–Crippen MR) is 57.8 cm³/mol. The number of nitrogen functional groups attached to an aromatic ring is 1. The van der Waals surface area contributed by atoms with Gasteiger partial charge in [-0.25, -0.2) is 5.84 Å². The Morgan fingerprint density at radius 3 is 3.00 bits per heavy atom. The molecule has 0 aliphatic carbocycles. The van der Waals surface area contributed by atoms with E-state index in [4.69, 9.17) is 10.6 Å². The molecule has 0 spiro atoms. The number of rotatable bonds is 4. The molecule has 7 nitrogen and oxygen atoms in total. The Bertz CT molecular complexity index is 469. The fraction of sp³-hybridized carbons (Fsp3) is 0.222. The molecule has 2 aromatic rings. The minimum absolute atomic E-state index is 0.367. The lowest BCUT2D eigenvalue weighted by Gasteiger charge is -2.02. The monoisotopic (exact) mass is 220 g/mol. The molecule has 0 saturated heterocycles. The summed E-state index contributed by atoms with van der Waals surface area (Å²) in [4.78, 5) is 7.99. The number of hydrogen-bond donors (Lipinski definition) is 2. The Kier molecular flexibility index (Phi) is 2.97. The van der Waals surface area contributed by atoms with Crippen LogP contribution in [0.2, 0.25) is 0 Å². The van der Waals surface area contributed by atoms with Crippen molar-refractivity contribution in [3.05, 3.63) is 24.8 Å². The molecule has 0 amide bonds. The zero-order chi connectivity index (χ0) is 11.4. The summed E-state index contributed by atoms with van der Waals surface area (Å²) in [5.74, 6) is 6.64. The van der Waals surface area contributed by atoms with Crippen LogP contribution in [0.15, 0.2) is 24.8 Å². The average molecular weight is 220 g/mol. The average Bonchev–Trinajstić information content (AvgIpc) is 2.77. The quantitative estimate of drug-likeness (QED) is 0.584. The molecule has 2 aromatic heterocycles. The number of aromatic nitrogens is 4. The van der Waals surface area contributed by atoms with E-state index in [-0.39, 0.29) is 0 Å². The second kappa shape index (κ2) is 4.58. The van der Waals surface area contributed by atoms with Crippen molar-refractivity contribution in [3.63, 3.8) is 0 Å². The fourth-order valence-corrected chi connectivity index (χ4v) is 1.16. The highest BCUT2D eigenvalue weighted by molar-refractivity contribution is 5.32. The van der Waals surface area contributed by atoms with Crippen LogP contribution < -0.4 is 16.0 Å². The highest BCUT2D eigenvalue weighted by atomic mass is 16.5. The maximum absolute atomic E-state index is 5.45. The van der Waals surface area contributed by atoms with Crippen molar-refractivity contribution in [2.75, 3.05) is 5.43 Å². The molecule has 0 saturated carbocycles. The van der Waals surface area contributed by atoms with E-state index < -0.39 is 0 Å². The topological polar surface area (TPSA) is 90.9 Å². The van der Waals surface area contributed by atoms with Crippen molar-refractivity contribution in [1.82, 2.24) is 19.7 Å². The summed E-state index contributed by atoms with van der Waals surface area (Å²) in [7, 11) is 0. The number of nitrogens with two attached hydrogens (primary N) is 1. The molecule has 2 heterocycles. The smallest absolute Gasteiger partial charge is 0.240 e. The van der Waals surface area contributed by atoms with Gasteiger partial charge in [0.25, 0.3) is 0 Å². The molecule has 0 atom stereocenters. The second-order valence-electron chi connectivity index (χ2n) is 3.02. The SMILES string of the molecule is CCn1cc(Oc2cncc(NN)n2)cn1. The lowest BCUT2D eigenvalue weighted by atomic mass is 10.6. The molecule has 3 N–H and O–H groups in total. The van der Waals surface area contributed by atoms with E-state index >= 15 is 0 Å². The van der Waals surface area contributed by atoms with Gasteiger partial charge in [0, 0.05) is 6.54 Å². The van der Waals surface area contributed by atoms with Crippen LogP contribution in [0.4, 0.5) is 5.82 Å². The van der Waals surface area contributed by atoms with E-state index in [1.54, 1.807) is 17.1 Å². The van der Waals surface area contributed by atoms with Crippen LogP contribution >= 0.6 is 0 Å². The van der Waals surface area contributed by atoms with Gasteiger partial charge in [0.05, 0.1) is 24.8 Å². The highest BCUT2D eigenvalue weighted by Crippen LogP contribution is 2.18. The normalized spacial score (nSPS) is 10.1. The van der Waals surface area contributed by atoms with Gasteiger partial charge in [-0.1, -0.05) is 0 Å². The van der Waals surface area contributed by atoms with Gasteiger partial charge in [0.15, 0.2) is 11.6 Å². The Balaban J connectivity index is 2.13. The first-order chi connectivity index (χ1) is 7.81. The molecule has 84 valence electrons. The summed E-state index contributed by atoms with van der Waals surface area (Å²) < 4.78 is 7.21. The Labute approximate surface area is 92.2 Å². The van der Waals surface area contributed by atoms with E-state index in [1.807, 2.05) is 6.92 Å². The predicted octanol–water partition coefficient (Wildman–Crippen LogP) is 0.771. The summed E-state index contributed by atoms with van der Waals surface area (Å²) in [5.41, 5.74) is 2.40. The van der Waals surface area contributed by atoms with Gasteiger partial charge in [0.1, 0.15) is 0 Å². The van der Waals surface area contributed by atoms with Crippen LogP contribution in [0.25, 0.3) is 0 Å². The van der Waals surface area contributed by atoms with Crippen molar-refractivity contribution in [2.45, 2.75) is 13.5 Å². The standard InChI is InChI=1S/C9H12N6O/c1-2-15-6-7(3-12-15)16-9-5-11-4-8(13-9)14-10/h3-6H,2,10H2,1H3,(H,13,14). The number of anilines is 1. The number of ether oxygens (including phenoxy) is 1. The first-order valence-electron chi connectivity index (χ1n) is 4.80. The zero-order valence-corrected chi connectivity index (χ0v) is 8.79. The van der Waals surface area contributed by atoms with Crippen LogP contribution in [0.1, 0.15) is 6.92 Å². The molecule has 0 unspecified atom stereocenters. The van der Waals surface area contributed by atoms with Gasteiger partial charge in [0.2, 0.25) is 5.88 Å². The summed E-state index contributed by atoms with van der Waals surface area (Å²) in [6.45, 7) is 2.79. The zero-order valence-electron chi connectivity index (χ0n) is 8.79. The third-order valence-electron chi connectivity index (χ3n) is 1.92. The van der Waals surface area contributed by atoms with Gasteiger partial charge in [-0.05, 0) is 6.92 Å². The molecule has 0 fully saturated rings. The summed E-state index contributed by atoms with van der Waals surface area (Å²) >= 11 is 0. The van der Waals surface area contributed by atoms with Gasteiger partial charge in [-0.2, -0.15) is 10.1 Å². The maximum atomic E-state index is 5.45. The molecule has 16 heavy (non-hydrogen) atoms. The number of hydrogen-bond acceptors (Lipinski definition) is 6. The maximum Gasteiger partial charge on any atom is 0.240 e. The summed E-state index contributed by atoms with van der Waals surface area (Å²) in [6, 6.07) is 0. The third kappa shape index (κ3) is 2.26. The second-order valence-corrected chi connectivity index (χ2v) is 3.02. The Morgan fingerprint density at radius 2 is 2.31 bits per heavy atom. The van der Waals surface area contributed by atoms with Crippen molar-refractivity contribution in [2.24, 2.45) is 5.84 Å². The van der Waals surface area contributed by atoms with Gasteiger partial charge < -0.3 is 10.2 Å². The molecule has 0 aliphatic rings.